The molecule has 2 N–H and O–H groups in total. The number of sulfonamides is 1. The number of carbonyl (C=O) groups is 2. The van der Waals surface area contributed by atoms with Crippen molar-refractivity contribution in [3.05, 3.63) is 77.0 Å². The molecule has 0 fully saturated rings. The predicted octanol–water partition coefficient (Wildman–Crippen LogP) is 2.60. The summed E-state index contributed by atoms with van der Waals surface area (Å²) in [5.74, 6) is -1.36. The fourth-order valence-corrected chi connectivity index (χ4v) is 3.90. The molecule has 0 radical (unpaired) electrons. The van der Waals surface area contributed by atoms with Gasteiger partial charge in [0, 0.05) is 12.6 Å². The Morgan fingerprint density at radius 3 is 2.57 bits per heavy atom. The highest BCUT2D eigenvalue weighted by atomic mass is 35.5. The second-order valence-electron chi connectivity index (χ2n) is 5.96. The van der Waals surface area contributed by atoms with Crippen molar-refractivity contribution in [2.24, 2.45) is 0 Å². The van der Waals surface area contributed by atoms with E-state index in [1.54, 1.807) is 24.3 Å². The van der Waals surface area contributed by atoms with E-state index in [4.69, 9.17) is 16.3 Å². The summed E-state index contributed by atoms with van der Waals surface area (Å²) in [6.45, 7) is -0.543. The summed E-state index contributed by atoms with van der Waals surface area (Å²) in [4.78, 5) is 23.7. The summed E-state index contributed by atoms with van der Waals surface area (Å²) in [5.41, 5.74) is 0.680. The minimum absolute atomic E-state index is 0.0520. The van der Waals surface area contributed by atoms with Crippen molar-refractivity contribution in [3.8, 4) is 0 Å². The predicted molar refractivity (Wildman–Crippen MR) is 107 cm³/mol. The number of nitrogens with one attached hydrogen (secondary N) is 2. The number of esters is 1. The lowest BCUT2D eigenvalue weighted by molar-refractivity contribution is -0.119. The van der Waals surface area contributed by atoms with Crippen LogP contribution in [0.5, 0.6) is 0 Å². The van der Waals surface area contributed by atoms with Gasteiger partial charge in [-0.1, -0.05) is 47.1 Å². The highest BCUT2D eigenvalue weighted by Gasteiger charge is 2.21. The summed E-state index contributed by atoms with van der Waals surface area (Å²) in [7, 11) is -4.00. The first-order valence-electron chi connectivity index (χ1n) is 8.55. The fraction of sp³-hybridized carbons (Fsp3) is 0.105. The maximum Gasteiger partial charge on any atom is 0.338 e. The maximum atomic E-state index is 12.6. The molecule has 2 aromatic carbocycles. The first-order chi connectivity index (χ1) is 14.3. The van der Waals surface area contributed by atoms with Gasteiger partial charge in [-0.25, -0.2) is 17.9 Å². The zero-order valence-corrected chi connectivity index (χ0v) is 16.9. The molecule has 9 nitrogen and oxygen atoms in total. The molecule has 0 bridgehead atoms. The SMILES string of the molecule is O=C(COC(=O)c1ccc(Cl)c(S(=O)(=O)NCc2ccccc2)c1)Nc1ccon1. The highest BCUT2D eigenvalue weighted by Crippen LogP contribution is 2.23. The quantitative estimate of drug-likeness (QED) is 0.506. The lowest BCUT2D eigenvalue weighted by Crippen LogP contribution is -2.24. The van der Waals surface area contributed by atoms with Crippen LogP contribution in [0, 0.1) is 0 Å². The molecule has 3 rings (SSSR count). The average Bonchev–Trinajstić information content (AvgIpc) is 3.24. The third-order valence-corrected chi connectivity index (χ3v) is 5.69. The highest BCUT2D eigenvalue weighted by molar-refractivity contribution is 7.89. The summed E-state index contributed by atoms with van der Waals surface area (Å²) in [6, 6.07) is 14.0. The molecular weight excluding hydrogens is 434 g/mol. The van der Waals surface area contributed by atoms with E-state index < -0.39 is 28.5 Å². The van der Waals surface area contributed by atoms with Crippen LogP contribution >= 0.6 is 11.6 Å². The normalized spacial score (nSPS) is 11.1. The minimum atomic E-state index is -4.00. The van der Waals surface area contributed by atoms with Crippen LogP contribution in [0.2, 0.25) is 5.02 Å². The molecule has 1 aromatic heterocycles. The molecule has 0 unspecified atom stereocenters. The van der Waals surface area contributed by atoms with E-state index >= 15 is 0 Å². The van der Waals surface area contributed by atoms with Crippen LogP contribution < -0.4 is 10.0 Å². The molecule has 1 amide bonds. The van der Waals surface area contributed by atoms with Crippen molar-refractivity contribution < 1.29 is 27.3 Å². The lowest BCUT2D eigenvalue weighted by Gasteiger charge is -2.10. The number of nitrogens with zero attached hydrogens (tertiary/aromatic N) is 1. The second-order valence-corrected chi connectivity index (χ2v) is 8.11. The molecule has 30 heavy (non-hydrogen) atoms. The molecule has 156 valence electrons. The molecule has 11 heteroatoms. The average molecular weight is 450 g/mol. The van der Waals surface area contributed by atoms with Gasteiger partial charge in [0.05, 0.1) is 10.6 Å². The van der Waals surface area contributed by atoms with Gasteiger partial charge in [0.2, 0.25) is 10.0 Å². The van der Waals surface area contributed by atoms with Crippen LogP contribution in [0.3, 0.4) is 0 Å². The van der Waals surface area contributed by atoms with Crippen molar-refractivity contribution >= 4 is 39.3 Å². The molecular formula is C19H16ClN3O6S. The zero-order chi connectivity index (χ0) is 21.6. The van der Waals surface area contributed by atoms with Gasteiger partial charge in [-0.05, 0) is 23.8 Å². The summed E-state index contributed by atoms with van der Waals surface area (Å²) < 4.78 is 37.1. The summed E-state index contributed by atoms with van der Waals surface area (Å²) in [5, 5.41) is 5.79. The Balaban J connectivity index is 1.66. The number of benzene rings is 2. The molecule has 3 aromatic rings. The van der Waals surface area contributed by atoms with Crippen LogP contribution in [0.15, 0.2) is 70.3 Å². The Kier molecular flexibility index (Phi) is 6.83. The van der Waals surface area contributed by atoms with Gasteiger partial charge >= 0.3 is 5.97 Å². The maximum absolute atomic E-state index is 12.6. The van der Waals surface area contributed by atoms with E-state index in [1.807, 2.05) is 6.07 Å². The van der Waals surface area contributed by atoms with Crippen LogP contribution in [0.1, 0.15) is 15.9 Å². The van der Waals surface area contributed by atoms with Crippen molar-refractivity contribution in [3.63, 3.8) is 0 Å². The van der Waals surface area contributed by atoms with Crippen molar-refractivity contribution in [1.82, 2.24) is 9.88 Å². The second kappa shape index (κ2) is 9.53. The van der Waals surface area contributed by atoms with Crippen molar-refractivity contribution in [2.45, 2.75) is 11.4 Å². The van der Waals surface area contributed by atoms with Crippen LogP contribution in [-0.2, 0) is 26.1 Å². The molecule has 0 aliphatic heterocycles. The molecule has 0 aliphatic rings. The zero-order valence-electron chi connectivity index (χ0n) is 15.4. The van der Waals surface area contributed by atoms with Gasteiger partial charge in [0.25, 0.3) is 5.91 Å². The van der Waals surface area contributed by atoms with Crippen LogP contribution in [0.4, 0.5) is 5.82 Å². The number of amides is 1. The first kappa shape index (κ1) is 21.5. The number of anilines is 1. The number of aromatic nitrogens is 1. The standard InChI is InChI=1S/C19H16ClN3O6S/c20-15-7-6-14(19(25)28-12-18(24)22-17-8-9-29-23-17)10-16(15)30(26,27)21-11-13-4-2-1-3-5-13/h1-10,21H,11-12H2,(H,22,23,24). The number of carbonyl (C=O) groups excluding carboxylic acids is 2. The third-order valence-electron chi connectivity index (χ3n) is 3.81. The van der Waals surface area contributed by atoms with Crippen molar-refractivity contribution in [1.29, 1.82) is 0 Å². The van der Waals surface area contributed by atoms with E-state index in [1.165, 1.54) is 24.5 Å². The number of hydrogen-bond acceptors (Lipinski definition) is 7. The van der Waals surface area contributed by atoms with Gasteiger partial charge in [0.1, 0.15) is 11.2 Å². The van der Waals surface area contributed by atoms with Crippen LogP contribution in [-0.4, -0.2) is 32.1 Å². The Morgan fingerprint density at radius 2 is 1.87 bits per heavy atom. The Hall–Kier alpha value is -3.21. The van der Waals surface area contributed by atoms with Gasteiger partial charge in [-0.3, -0.25) is 4.79 Å². The van der Waals surface area contributed by atoms with Gasteiger partial charge in [-0.2, -0.15) is 0 Å². The Morgan fingerprint density at radius 1 is 1.10 bits per heavy atom. The smallest absolute Gasteiger partial charge is 0.338 e. The molecule has 0 atom stereocenters. The van der Waals surface area contributed by atoms with Gasteiger partial charge < -0.3 is 14.6 Å². The number of halogens is 1. The molecule has 1 heterocycles. The topological polar surface area (TPSA) is 128 Å². The molecule has 0 aliphatic carbocycles. The fourth-order valence-electron chi connectivity index (χ4n) is 2.36. The first-order valence-corrected chi connectivity index (χ1v) is 10.4. The number of ether oxygens (including phenoxy) is 1. The largest absolute Gasteiger partial charge is 0.452 e. The minimum Gasteiger partial charge on any atom is -0.452 e. The Labute approximate surface area is 177 Å². The van der Waals surface area contributed by atoms with E-state index in [-0.39, 0.29) is 27.8 Å². The van der Waals surface area contributed by atoms with Gasteiger partial charge in [-0.15, -0.1) is 0 Å². The lowest BCUT2D eigenvalue weighted by atomic mass is 10.2. The van der Waals surface area contributed by atoms with Crippen molar-refractivity contribution in [2.75, 3.05) is 11.9 Å². The van der Waals surface area contributed by atoms with Crippen LogP contribution in [0.25, 0.3) is 0 Å². The molecule has 0 saturated heterocycles. The monoisotopic (exact) mass is 449 g/mol. The summed E-state index contributed by atoms with van der Waals surface area (Å²) >= 11 is 6.02. The molecule has 0 saturated carbocycles. The Bertz CT molecular complexity index is 1130. The van der Waals surface area contributed by atoms with E-state index in [2.05, 4.69) is 19.7 Å². The van der Waals surface area contributed by atoms with E-state index in [0.717, 1.165) is 11.6 Å². The van der Waals surface area contributed by atoms with Gasteiger partial charge in [0.15, 0.2) is 12.4 Å². The third kappa shape index (κ3) is 5.66. The molecule has 0 spiro atoms. The number of hydrogen-bond donors (Lipinski definition) is 2. The summed E-state index contributed by atoms with van der Waals surface area (Å²) in [6.07, 6.45) is 1.27. The number of rotatable bonds is 8. The van der Waals surface area contributed by atoms with E-state index in [9.17, 15) is 18.0 Å². The van der Waals surface area contributed by atoms with E-state index in [0.29, 0.717) is 0 Å².